The lowest BCUT2D eigenvalue weighted by atomic mass is 9.82. The minimum absolute atomic E-state index is 0.109. The minimum Gasteiger partial charge on any atom is -0.400 e. The van der Waals surface area contributed by atoms with Crippen molar-refractivity contribution in [3.63, 3.8) is 0 Å². The van der Waals surface area contributed by atoms with E-state index in [9.17, 15) is 9.59 Å². The highest BCUT2D eigenvalue weighted by Crippen LogP contribution is 2.35. The number of aryl methyl sites for hydroxylation is 2. The molecule has 3 aromatic rings. The first-order chi connectivity index (χ1) is 23.7. The van der Waals surface area contributed by atoms with Gasteiger partial charge in [0.1, 0.15) is 6.29 Å². The molecule has 1 aliphatic heterocycles. The number of hydrogen-bond donors (Lipinski definition) is 2. The van der Waals surface area contributed by atoms with Crippen LogP contribution in [0.25, 0.3) is 0 Å². The Labute approximate surface area is 299 Å². The first-order valence-electron chi connectivity index (χ1n) is 17.6. The van der Waals surface area contributed by atoms with E-state index in [1.165, 1.54) is 56.9 Å². The van der Waals surface area contributed by atoms with Crippen molar-refractivity contribution in [2.75, 3.05) is 13.7 Å². The van der Waals surface area contributed by atoms with Crippen LogP contribution < -0.4 is 5.73 Å². The molecule has 1 unspecified atom stereocenters. The normalized spacial score (nSPS) is 15.3. The Morgan fingerprint density at radius 3 is 2.14 bits per heavy atom. The van der Waals surface area contributed by atoms with Crippen LogP contribution in [0.4, 0.5) is 0 Å². The van der Waals surface area contributed by atoms with Crippen molar-refractivity contribution in [2.45, 2.75) is 104 Å². The maximum Gasteiger partial charge on any atom is 0.258 e. The predicted octanol–water partition coefficient (Wildman–Crippen LogP) is 9.59. The van der Waals surface area contributed by atoms with Crippen LogP contribution in [0.3, 0.4) is 0 Å². The number of aliphatic hydroxyl groups excluding tert-OH is 1. The summed E-state index contributed by atoms with van der Waals surface area (Å²) in [6.07, 6.45) is 15.8. The van der Waals surface area contributed by atoms with Crippen LogP contribution in [0.15, 0.2) is 93.9 Å². The number of allylic oxidation sites excluding steroid dienone is 3. The third-order valence-electron chi connectivity index (χ3n) is 8.24. The number of amidine groups is 1. The van der Waals surface area contributed by atoms with Crippen LogP contribution in [0.2, 0.25) is 0 Å². The molecule has 7 heteroatoms. The average molecular weight is 684 g/mol. The quantitative estimate of drug-likeness (QED) is 0.164. The second kappa shape index (κ2) is 21.9. The Hall–Kier alpha value is -3.94. The molecule has 6 nitrogen and oxygen atoms in total. The number of aldehydes is 1. The monoisotopic (exact) mass is 683 g/mol. The second-order valence-corrected chi connectivity index (χ2v) is 13.9. The number of benzene rings is 2. The minimum atomic E-state index is -0.337. The van der Waals surface area contributed by atoms with E-state index in [4.69, 9.17) is 20.8 Å². The number of unbranched alkanes of at least 4 members (excludes halogenated alkanes) is 1. The Bertz CT molecular complexity index is 1560. The summed E-state index contributed by atoms with van der Waals surface area (Å²) in [4.78, 5) is 32.5. The number of hydrogen-bond acceptors (Lipinski definition) is 6. The van der Waals surface area contributed by atoms with E-state index >= 15 is 0 Å². The number of amides is 1. The number of primary amides is 1. The van der Waals surface area contributed by atoms with Crippen molar-refractivity contribution >= 4 is 35.6 Å². The molecule has 0 fully saturated rings. The maximum atomic E-state index is 10.8. The molecular formula is C42H57N3O3S. The van der Waals surface area contributed by atoms with Crippen LogP contribution >= 0.6 is 11.3 Å². The Kier molecular flexibility index (Phi) is 18.4. The molecule has 3 N–H and O–H groups in total. The third-order valence-corrected chi connectivity index (χ3v) is 9.76. The van der Waals surface area contributed by atoms with Crippen molar-refractivity contribution in [2.24, 2.45) is 15.7 Å². The Balaban J connectivity index is 0.000000436. The van der Waals surface area contributed by atoms with E-state index in [0.717, 1.165) is 56.9 Å². The van der Waals surface area contributed by atoms with Crippen molar-refractivity contribution in [3.8, 4) is 0 Å². The SMILES string of the molecule is CC.CC(C)(C)c1ccc(C(N)=O)s1.CCCc1ccc(C2CC=C(C3=CCN=C(c4ccc(CCCC=O)cc4)N=C3)CC2)cc1.CO. The molecule has 1 aliphatic carbocycles. The molecule has 49 heavy (non-hydrogen) atoms. The summed E-state index contributed by atoms with van der Waals surface area (Å²) < 4.78 is 0. The van der Waals surface area contributed by atoms with Gasteiger partial charge in [0.15, 0.2) is 5.84 Å². The fraction of sp³-hybridized carbons (Fsp3) is 0.429. The van der Waals surface area contributed by atoms with Gasteiger partial charge < -0.3 is 15.6 Å². The zero-order valence-corrected chi connectivity index (χ0v) is 31.5. The molecule has 0 spiro atoms. The highest BCUT2D eigenvalue weighted by molar-refractivity contribution is 7.14. The third kappa shape index (κ3) is 13.5. The zero-order valence-electron chi connectivity index (χ0n) is 30.7. The number of carbonyl (C=O) groups is 2. The van der Waals surface area contributed by atoms with Gasteiger partial charge in [0.05, 0.1) is 11.4 Å². The Morgan fingerprint density at radius 1 is 0.959 bits per heavy atom. The maximum absolute atomic E-state index is 10.8. The van der Waals surface area contributed by atoms with Gasteiger partial charge in [-0.3, -0.25) is 9.79 Å². The summed E-state index contributed by atoms with van der Waals surface area (Å²) in [6, 6.07) is 21.4. The highest BCUT2D eigenvalue weighted by atomic mass is 32.1. The summed E-state index contributed by atoms with van der Waals surface area (Å²) in [5.41, 5.74) is 13.1. The lowest BCUT2D eigenvalue weighted by molar-refractivity contribution is -0.107. The number of aliphatic imine (C=N–C) groups is 2. The number of nitrogens with two attached hydrogens (primary N) is 1. The van der Waals surface area contributed by atoms with Gasteiger partial charge in [0.25, 0.3) is 5.91 Å². The summed E-state index contributed by atoms with van der Waals surface area (Å²) in [5.74, 6) is 1.07. The second-order valence-electron chi connectivity index (χ2n) is 12.8. The van der Waals surface area contributed by atoms with Crippen LogP contribution in [0, 0.1) is 0 Å². The van der Waals surface area contributed by atoms with E-state index in [2.05, 4.69) is 88.4 Å². The molecule has 0 bridgehead atoms. The average Bonchev–Trinajstić information content (AvgIpc) is 3.53. The highest BCUT2D eigenvalue weighted by Gasteiger charge is 2.19. The van der Waals surface area contributed by atoms with Gasteiger partial charge in [-0.05, 0) is 89.8 Å². The molecule has 1 amide bonds. The summed E-state index contributed by atoms with van der Waals surface area (Å²) in [7, 11) is 1.00. The summed E-state index contributed by atoms with van der Waals surface area (Å²) in [5, 5.41) is 7.00. The molecule has 2 aromatic carbocycles. The fourth-order valence-corrected chi connectivity index (χ4v) is 6.48. The van der Waals surface area contributed by atoms with E-state index < -0.39 is 0 Å². The molecule has 5 rings (SSSR count). The molecule has 264 valence electrons. The lowest BCUT2D eigenvalue weighted by Crippen LogP contribution is -2.09. The fourth-order valence-electron chi connectivity index (χ4n) is 5.56. The topological polar surface area (TPSA) is 105 Å². The van der Waals surface area contributed by atoms with E-state index in [1.807, 2.05) is 26.1 Å². The first-order valence-corrected chi connectivity index (χ1v) is 18.4. The number of nitrogens with zero attached hydrogens (tertiary/aromatic N) is 2. The molecule has 2 aliphatic rings. The van der Waals surface area contributed by atoms with E-state index in [-0.39, 0.29) is 11.3 Å². The standard InChI is InChI=1S/C30H34N2O.C9H13NOS.C2H6.CH4O/c1-2-5-23-7-11-25(12-8-23)26-15-17-27(18-16-26)29-19-20-31-30(32-22-29)28-13-9-24(10-14-28)6-3-4-21-33;1-9(2,3)7-5-4-6(12-7)8(10)11;2*1-2/h7-14,17,19,21-22,26H,2-6,15-16,18,20H2,1H3;4-5H,1-3H3,(H2,10,11);1-2H3;2H,1H3. The van der Waals surface area contributed by atoms with Crippen molar-refractivity contribution in [1.82, 2.24) is 0 Å². The number of rotatable bonds is 10. The van der Waals surface area contributed by atoms with Gasteiger partial charge in [-0.2, -0.15) is 0 Å². The summed E-state index contributed by atoms with van der Waals surface area (Å²) >= 11 is 1.47. The molecular weight excluding hydrogens is 627 g/mol. The van der Waals surface area contributed by atoms with Gasteiger partial charge in [0, 0.05) is 30.2 Å². The molecule has 1 aromatic heterocycles. The van der Waals surface area contributed by atoms with Crippen molar-refractivity contribution in [3.05, 3.63) is 116 Å². The molecule has 0 saturated carbocycles. The van der Waals surface area contributed by atoms with Crippen molar-refractivity contribution in [1.29, 1.82) is 0 Å². The van der Waals surface area contributed by atoms with Gasteiger partial charge in [-0.1, -0.05) is 109 Å². The molecule has 0 radical (unpaired) electrons. The largest absolute Gasteiger partial charge is 0.400 e. The predicted molar refractivity (Wildman–Crippen MR) is 210 cm³/mol. The van der Waals surface area contributed by atoms with Crippen LogP contribution in [0.1, 0.15) is 123 Å². The molecule has 2 heterocycles. The van der Waals surface area contributed by atoms with Crippen LogP contribution in [-0.2, 0) is 23.1 Å². The first kappa shape index (κ1) is 41.2. The van der Waals surface area contributed by atoms with Crippen LogP contribution in [0.5, 0.6) is 0 Å². The number of thiophene rings is 1. The van der Waals surface area contributed by atoms with Gasteiger partial charge in [0.2, 0.25) is 0 Å². The Morgan fingerprint density at radius 2 is 1.61 bits per heavy atom. The van der Waals surface area contributed by atoms with Gasteiger partial charge in [-0.15, -0.1) is 11.3 Å². The van der Waals surface area contributed by atoms with Gasteiger partial charge >= 0.3 is 0 Å². The zero-order chi connectivity index (χ0) is 36.2. The number of aliphatic hydroxyl groups is 1. The summed E-state index contributed by atoms with van der Waals surface area (Å²) in [6.45, 7) is 13.2. The van der Waals surface area contributed by atoms with E-state index in [0.29, 0.717) is 23.8 Å². The van der Waals surface area contributed by atoms with Gasteiger partial charge in [-0.25, -0.2) is 4.99 Å². The van der Waals surface area contributed by atoms with Crippen LogP contribution in [-0.4, -0.2) is 43.0 Å². The molecule has 0 saturated heterocycles. The lowest BCUT2D eigenvalue weighted by Gasteiger charge is -2.23. The smallest absolute Gasteiger partial charge is 0.258 e. The van der Waals surface area contributed by atoms with E-state index in [1.54, 1.807) is 6.07 Å². The molecule has 1 atom stereocenters. The number of carbonyl (C=O) groups excluding carboxylic acids is 2. The van der Waals surface area contributed by atoms with Crippen molar-refractivity contribution < 1.29 is 14.7 Å².